The van der Waals surface area contributed by atoms with Gasteiger partial charge in [0, 0.05) is 6.04 Å². The molecule has 0 aliphatic rings. The van der Waals surface area contributed by atoms with Gasteiger partial charge >= 0.3 is 0 Å². The summed E-state index contributed by atoms with van der Waals surface area (Å²) in [7, 11) is 0. The van der Waals surface area contributed by atoms with Crippen molar-refractivity contribution in [2.24, 2.45) is 11.8 Å². The summed E-state index contributed by atoms with van der Waals surface area (Å²) in [6, 6.07) is 9.34. The first kappa shape index (κ1) is 14.2. The maximum absolute atomic E-state index is 3.57. The van der Waals surface area contributed by atoms with Gasteiger partial charge in [0.15, 0.2) is 0 Å². The Hall–Kier alpha value is -0.820. The standard InChI is InChI=1S/C16H27N/c1-6-17-14(5)16(12(2)3)11-15-10-8-7-9-13(15)4/h7-10,12,14,16-17H,6,11H2,1-5H3. The number of aryl methyl sites for hydroxylation is 1. The maximum Gasteiger partial charge on any atom is 0.00725 e. The quantitative estimate of drug-likeness (QED) is 0.788. The fourth-order valence-electron chi connectivity index (χ4n) is 2.56. The van der Waals surface area contributed by atoms with Crippen molar-refractivity contribution in [1.29, 1.82) is 0 Å². The van der Waals surface area contributed by atoms with Gasteiger partial charge in [0.2, 0.25) is 0 Å². The zero-order chi connectivity index (χ0) is 12.8. The largest absolute Gasteiger partial charge is 0.314 e. The number of hydrogen-bond acceptors (Lipinski definition) is 1. The van der Waals surface area contributed by atoms with Crippen LogP contribution in [0.4, 0.5) is 0 Å². The number of hydrogen-bond donors (Lipinski definition) is 1. The van der Waals surface area contributed by atoms with Gasteiger partial charge in [0.25, 0.3) is 0 Å². The van der Waals surface area contributed by atoms with Crippen molar-refractivity contribution in [3.8, 4) is 0 Å². The molecule has 0 spiro atoms. The molecule has 0 aliphatic carbocycles. The molecule has 1 heteroatoms. The second-order valence-electron chi connectivity index (χ2n) is 5.38. The molecule has 96 valence electrons. The fourth-order valence-corrected chi connectivity index (χ4v) is 2.56. The molecule has 1 N–H and O–H groups in total. The molecule has 0 aliphatic heterocycles. The number of rotatable bonds is 6. The fraction of sp³-hybridized carbons (Fsp3) is 0.625. The van der Waals surface area contributed by atoms with Crippen LogP contribution in [0.15, 0.2) is 24.3 Å². The second kappa shape index (κ2) is 6.80. The van der Waals surface area contributed by atoms with E-state index < -0.39 is 0 Å². The van der Waals surface area contributed by atoms with Crippen LogP contribution in [0.3, 0.4) is 0 Å². The highest BCUT2D eigenvalue weighted by Crippen LogP contribution is 2.22. The van der Waals surface area contributed by atoms with E-state index in [0.717, 1.165) is 6.54 Å². The Morgan fingerprint density at radius 2 is 1.76 bits per heavy atom. The van der Waals surface area contributed by atoms with Crippen LogP contribution in [-0.4, -0.2) is 12.6 Å². The van der Waals surface area contributed by atoms with Gasteiger partial charge in [-0.15, -0.1) is 0 Å². The summed E-state index contributed by atoms with van der Waals surface area (Å²) in [5.74, 6) is 1.42. The van der Waals surface area contributed by atoms with Crippen LogP contribution in [0.5, 0.6) is 0 Å². The van der Waals surface area contributed by atoms with E-state index in [1.54, 1.807) is 0 Å². The van der Waals surface area contributed by atoms with E-state index in [1.807, 2.05) is 0 Å². The molecular formula is C16H27N. The molecule has 0 heterocycles. The van der Waals surface area contributed by atoms with Crippen molar-refractivity contribution >= 4 is 0 Å². The van der Waals surface area contributed by atoms with Crippen molar-refractivity contribution in [3.05, 3.63) is 35.4 Å². The minimum atomic E-state index is 0.583. The molecule has 1 aromatic rings. The topological polar surface area (TPSA) is 12.0 Å². The second-order valence-corrected chi connectivity index (χ2v) is 5.38. The average Bonchev–Trinajstić information content (AvgIpc) is 2.27. The van der Waals surface area contributed by atoms with Crippen molar-refractivity contribution in [1.82, 2.24) is 5.32 Å². The third kappa shape index (κ3) is 4.16. The number of nitrogens with one attached hydrogen (secondary N) is 1. The third-order valence-electron chi connectivity index (χ3n) is 3.74. The van der Waals surface area contributed by atoms with Gasteiger partial charge in [-0.05, 0) is 49.8 Å². The van der Waals surface area contributed by atoms with Crippen LogP contribution >= 0.6 is 0 Å². The summed E-state index contributed by atoms with van der Waals surface area (Å²) in [5.41, 5.74) is 2.91. The van der Waals surface area contributed by atoms with Gasteiger partial charge in [-0.25, -0.2) is 0 Å². The normalized spacial score (nSPS) is 14.9. The summed E-state index contributed by atoms with van der Waals surface area (Å²) in [6.07, 6.45) is 1.18. The van der Waals surface area contributed by atoms with Crippen LogP contribution < -0.4 is 5.32 Å². The van der Waals surface area contributed by atoms with Gasteiger partial charge in [-0.1, -0.05) is 45.0 Å². The highest BCUT2D eigenvalue weighted by atomic mass is 14.9. The summed E-state index contributed by atoms with van der Waals surface area (Å²) in [6.45, 7) is 12.4. The Morgan fingerprint density at radius 3 is 2.29 bits per heavy atom. The lowest BCUT2D eigenvalue weighted by Gasteiger charge is -2.28. The lowest BCUT2D eigenvalue weighted by molar-refractivity contribution is 0.291. The zero-order valence-electron chi connectivity index (χ0n) is 12.0. The molecule has 0 saturated carbocycles. The van der Waals surface area contributed by atoms with Crippen molar-refractivity contribution < 1.29 is 0 Å². The predicted molar refractivity (Wildman–Crippen MR) is 76.3 cm³/mol. The molecule has 0 fully saturated rings. The van der Waals surface area contributed by atoms with E-state index >= 15 is 0 Å². The van der Waals surface area contributed by atoms with Crippen LogP contribution in [0, 0.1) is 18.8 Å². The Labute approximate surface area is 107 Å². The van der Waals surface area contributed by atoms with E-state index in [9.17, 15) is 0 Å². The highest BCUT2D eigenvalue weighted by Gasteiger charge is 2.20. The van der Waals surface area contributed by atoms with Crippen LogP contribution in [0.2, 0.25) is 0 Å². The van der Waals surface area contributed by atoms with Crippen molar-refractivity contribution in [2.45, 2.75) is 47.1 Å². The molecule has 0 bridgehead atoms. The highest BCUT2D eigenvalue weighted by molar-refractivity contribution is 5.26. The van der Waals surface area contributed by atoms with Gasteiger partial charge in [-0.2, -0.15) is 0 Å². The van der Waals surface area contributed by atoms with Crippen molar-refractivity contribution in [2.75, 3.05) is 6.54 Å². The van der Waals surface area contributed by atoms with E-state index in [1.165, 1.54) is 17.5 Å². The summed E-state index contributed by atoms with van der Waals surface area (Å²) in [4.78, 5) is 0. The van der Waals surface area contributed by atoms with Gasteiger partial charge < -0.3 is 5.32 Å². The third-order valence-corrected chi connectivity index (χ3v) is 3.74. The Morgan fingerprint density at radius 1 is 1.12 bits per heavy atom. The van der Waals surface area contributed by atoms with Crippen LogP contribution in [0.25, 0.3) is 0 Å². The van der Waals surface area contributed by atoms with Crippen LogP contribution in [-0.2, 0) is 6.42 Å². The molecule has 1 rings (SSSR count). The molecule has 0 radical (unpaired) electrons. The SMILES string of the molecule is CCNC(C)C(Cc1ccccc1C)C(C)C. The minimum absolute atomic E-state index is 0.583. The first-order valence-corrected chi connectivity index (χ1v) is 6.84. The summed E-state index contributed by atoms with van der Waals surface area (Å²) < 4.78 is 0. The smallest absolute Gasteiger partial charge is 0.00725 e. The van der Waals surface area contributed by atoms with Crippen molar-refractivity contribution in [3.63, 3.8) is 0 Å². The van der Waals surface area contributed by atoms with E-state index in [2.05, 4.69) is 64.2 Å². The lowest BCUT2D eigenvalue weighted by atomic mass is 9.83. The zero-order valence-corrected chi connectivity index (χ0v) is 12.0. The van der Waals surface area contributed by atoms with Gasteiger partial charge in [-0.3, -0.25) is 0 Å². The van der Waals surface area contributed by atoms with E-state index in [0.29, 0.717) is 17.9 Å². The lowest BCUT2D eigenvalue weighted by Crippen LogP contribution is -2.37. The first-order chi connectivity index (χ1) is 8.06. The van der Waals surface area contributed by atoms with E-state index in [-0.39, 0.29) is 0 Å². The molecule has 17 heavy (non-hydrogen) atoms. The predicted octanol–water partition coefficient (Wildman–Crippen LogP) is 3.81. The molecule has 1 nitrogen and oxygen atoms in total. The molecule has 0 aromatic heterocycles. The number of benzene rings is 1. The minimum Gasteiger partial charge on any atom is -0.314 e. The molecule has 0 amide bonds. The molecule has 1 aromatic carbocycles. The monoisotopic (exact) mass is 233 g/mol. The van der Waals surface area contributed by atoms with E-state index in [4.69, 9.17) is 0 Å². The Kier molecular flexibility index (Phi) is 5.70. The average molecular weight is 233 g/mol. The molecule has 2 atom stereocenters. The Bertz CT molecular complexity index is 330. The first-order valence-electron chi connectivity index (χ1n) is 6.84. The molecule has 0 saturated heterocycles. The van der Waals surface area contributed by atoms with Gasteiger partial charge in [0.1, 0.15) is 0 Å². The Balaban J connectivity index is 2.77. The molecular weight excluding hydrogens is 206 g/mol. The maximum atomic E-state index is 3.57. The van der Waals surface area contributed by atoms with Gasteiger partial charge in [0.05, 0.1) is 0 Å². The summed E-state index contributed by atoms with van der Waals surface area (Å²) in [5, 5.41) is 3.57. The van der Waals surface area contributed by atoms with Crippen LogP contribution in [0.1, 0.15) is 38.8 Å². The molecule has 2 unspecified atom stereocenters. The summed E-state index contributed by atoms with van der Waals surface area (Å²) >= 11 is 0.